The number of nitrogens with zero attached hydrogens (tertiary/aromatic N) is 1. The van der Waals surface area contributed by atoms with E-state index >= 15 is 0 Å². The molecule has 1 aliphatic carbocycles. The van der Waals surface area contributed by atoms with Crippen molar-refractivity contribution in [2.45, 2.75) is 56.6 Å². The van der Waals surface area contributed by atoms with Gasteiger partial charge in [0.2, 0.25) is 0 Å². The Bertz CT molecular complexity index is 570. The second-order valence-electron chi connectivity index (χ2n) is 6.02. The zero-order valence-electron chi connectivity index (χ0n) is 11.8. The van der Waals surface area contributed by atoms with E-state index in [9.17, 15) is 8.42 Å². The van der Waals surface area contributed by atoms with E-state index in [1.54, 1.807) is 0 Å². The summed E-state index contributed by atoms with van der Waals surface area (Å²) in [6.07, 6.45) is 4.25. The second-order valence-corrected chi connectivity index (χ2v) is 8.30. The van der Waals surface area contributed by atoms with Crippen molar-refractivity contribution in [1.29, 1.82) is 0 Å². The standard InChI is InChI=1S/C14H21NO4S/c1-10-2-4-11(5-3-10)20(16,17)9-13-12-8-18-7-6-14(12)19-15-13/h10-11H,2-9H2,1H3. The van der Waals surface area contributed by atoms with E-state index in [4.69, 9.17) is 9.26 Å². The van der Waals surface area contributed by atoms with Crippen molar-refractivity contribution in [3.63, 3.8) is 0 Å². The molecular formula is C14H21NO4S. The van der Waals surface area contributed by atoms with Crippen molar-refractivity contribution >= 4 is 9.84 Å². The summed E-state index contributed by atoms with van der Waals surface area (Å²) in [6.45, 7) is 3.23. The van der Waals surface area contributed by atoms with Gasteiger partial charge in [0.25, 0.3) is 0 Å². The summed E-state index contributed by atoms with van der Waals surface area (Å²) < 4.78 is 35.7. The lowest BCUT2D eigenvalue weighted by atomic mass is 9.91. The lowest BCUT2D eigenvalue weighted by molar-refractivity contribution is 0.102. The topological polar surface area (TPSA) is 69.4 Å². The van der Waals surface area contributed by atoms with E-state index in [0.717, 1.165) is 37.0 Å². The molecule has 0 aromatic carbocycles. The zero-order valence-corrected chi connectivity index (χ0v) is 12.6. The fraction of sp³-hybridized carbons (Fsp3) is 0.786. The molecule has 1 aliphatic heterocycles. The minimum Gasteiger partial charge on any atom is -0.376 e. The lowest BCUT2D eigenvalue weighted by Gasteiger charge is -2.25. The Balaban J connectivity index is 1.75. The molecule has 0 bridgehead atoms. The quantitative estimate of drug-likeness (QED) is 0.856. The summed E-state index contributed by atoms with van der Waals surface area (Å²) in [6, 6.07) is 0. The lowest BCUT2D eigenvalue weighted by Crippen LogP contribution is -2.28. The minimum absolute atomic E-state index is 0.00571. The van der Waals surface area contributed by atoms with Gasteiger partial charge in [-0.2, -0.15) is 0 Å². The molecule has 1 saturated carbocycles. The van der Waals surface area contributed by atoms with Crippen LogP contribution in [-0.2, 0) is 33.4 Å². The number of hydrogen-bond donors (Lipinski definition) is 0. The average Bonchev–Trinajstić information content (AvgIpc) is 2.82. The summed E-state index contributed by atoms with van der Waals surface area (Å²) in [7, 11) is -3.14. The molecule has 5 nitrogen and oxygen atoms in total. The Morgan fingerprint density at radius 2 is 2.00 bits per heavy atom. The smallest absolute Gasteiger partial charge is 0.158 e. The van der Waals surface area contributed by atoms with Crippen LogP contribution in [0, 0.1) is 5.92 Å². The number of aromatic nitrogens is 1. The first-order chi connectivity index (χ1) is 9.56. The van der Waals surface area contributed by atoms with Gasteiger partial charge in [-0.25, -0.2) is 8.42 Å². The Kier molecular flexibility index (Phi) is 3.86. The van der Waals surface area contributed by atoms with Crippen molar-refractivity contribution in [2.24, 2.45) is 5.92 Å². The van der Waals surface area contributed by atoms with Gasteiger partial charge in [-0.1, -0.05) is 12.1 Å². The maximum Gasteiger partial charge on any atom is 0.158 e. The molecule has 112 valence electrons. The number of hydrogen-bond acceptors (Lipinski definition) is 5. The molecule has 0 atom stereocenters. The molecule has 1 fully saturated rings. The van der Waals surface area contributed by atoms with Crippen LogP contribution in [0.5, 0.6) is 0 Å². The normalized spacial score (nSPS) is 27.2. The summed E-state index contributed by atoms with van der Waals surface area (Å²) in [5, 5.41) is 3.75. The van der Waals surface area contributed by atoms with Gasteiger partial charge in [0.05, 0.1) is 24.2 Å². The van der Waals surface area contributed by atoms with Crippen LogP contribution in [0.4, 0.5) is 0 Å². The molecule has 1 aromatic heterocycles. The Morgan fingerprint density at radius 3 is 2.75 bits per heavy atom. The summed E-state index contributed by atoms with van der Waals surface area (Å²) >= 11 is 0. The average molecular weight is 299 g/mol. The third kappa shape index (κ3) is 2.76. The van der Waals surface area contributed by atoms with Gasteiger partial charge in [0, 0.05) is 12.0 Å². The third-order valence-electron chi connectivity index (χ3n) is 4.48. The molecule has 0 radical (unpaired) electrons. The highest BCUT2D eigenvalue weighted by molar-refractivity contribution is 7.91. The van der Waals surface area contributed by atoms with Gasteiger partial charge >= 0.3 is 0 Å². The van der Waals surface area contributed by atoms with E-state index in [-0.39, 0.29) is 11.0 Å². The Morgan fingerprint density at radius 1 is 1.25 bits per heavy atom. The fourth-order valence-corrected chi connectivity index (χ4v) is 4.93. The predicted molar refractivity (Wildman–Crippen MR) is 73.9 cm³/mol. The highest BCUT2D eigenvalue weighted by atomic mass is 32.2. The highest BCUT2D eigenvalue weighted by Gasteiger charge is 2.32. The van der Waals surface area contributed by atoms with Gasteiger partial charge in [0.1, 0.15) is 11.5 Å². The minimum atomic E-state index is -3.14. The molecule has 6 heteroatoms. The summed E-state index contributed by atoms with van der Waals surface area (Å²) in [5.74, 6) is 1.43. The Hall–Kier alpha value is -0.880. The van der Waals surface area contributed by atoms with Crippen molar-refractivity contribution in [3.8, 4) is 0 Å². The predicted octanol–water partition coefficient (Wildman–Crippen LogP) is 2.24. The van der Waals surface area contributed by atoms with Gasteiger partial charge in [-0.15, -0.1) is 0 Å². The zero-order chi connectivity index (χ0) is 14.2. The van der Waals surface area contributed by atoms with Gasteiger partial charge in [-0.3, -0.25) is 0 Å². The number of ether oxygens (including phenoxy) is 1. The molecule has 0 spiro atoms. The van der Waals surface area contributed by atoms with Gasteiger partial charge in [-0.05, 0) is 31.6 Å². The molecule has 1 aromatic rings. The van der Waals surface area contributed by atoms with E-state index in [1.165, 1.54) is 0 Å². The SMILES string of the molecule is CC1CCC(S(=O)(=O)Cc2noc3c2COCC3)CC1. The first kappa shape index (κ1) is 14.1. The summed E-state index contributed by atoms with van der Waals surface area (Å²) in [4.78, 5) is 0. The van der Waals surface area contributed by atoms with E-state index in [1.807, 2.05) is 0 Å². The number of rotatable bonds is 3. The second kappa shape index (κ2) is 5.48. The maximum absolute atomic E-state index is 12.5. The first-order valence-corrected chi connectivity index (χ1v) is 9.03. The van der Waals surface area contributed by atoms with Crippen molar-refractivity contribution in [2.75, 3.05) is 6.61 Å². The molecule has 0 N–H and O–H groups in total. The molecule has 0 unspecified atom stereocenters. The van der Waals surface area contributed by atoms with E-state index in [2.05, 4.69) is 12.1 Å². The van der Waals surface area contributed by atoms with Crippen LogP contribution in [-0.4, -0.2) is 25.4 Å². The van der Waals surface area contributed by atoms with Gasteiger partial charge < -0.3 is 9.26 Å². The Labute approximate surface area is 119 Å². The number of fused-ring (bicyclic) bond motifs is 1. The van der Waals surface area contributed by atoms with Crippen LogP contribution >= 0.6 is 0 Å². The van der Waals surface area contributed by atoms with Crippen LogP contribution in [0.3, 0.4) is 0 Å². The third-order valence-corrected chi connectivity index (χ3v) is 6.64. The van der Waals surface area contributed by atoms with Crippen molar-refractivity contribution in [1.82, 2.24) is 5.16 Å². The van der Waals surface area contributed by atoms with Crippen molar-refractivity contribution in [3.05, 3.63) is 17.0 Å². The van der Waals surface area contributed by atoms with Crippen LogP contribution in [0.15, 0.2) is 4.52 Å². The van der Waals surface area contributed by atoms with Gasteiger partial charge in [0.15, 0.2) is 9.84 Å². The molecule has 0 saturated heterocycles. The van der Waals surface area contributed by atoms with E-state index < -0.39 is 9.84 Å². The monoisotopic (exact) mass is 299 g/mol. The first-order valence-electron chi connectivity index (χ1n) is 7.32. The number of sulfone groups is 1. The van der Waals surface area contributed by atoms with Crippen molar-refractivity contribution < 1.29 is 17.7 Å². The molecule has 20 heavy (non-hydrogen) atoms. The fourth-order valence-electron chi connectivity index (χ4n) is 3.09. The van der Waals surface area contributed by atoms with Crippen LogP contribution in [0.1, 0.15) is 49.6 Å². The molecule has 0 amide bonds. The molecule has 2 aliphatic rings. The molecule has 2 heterocycles. The van der Waals surface area contributed by atoms with Crippen LogP contribution in [0.2, 0.25) is 0 Å². The highest BCUT2D eigenvalue weighted by Crippen LogP contribution is 2.31. The van der Waals surface area contributed by atoms with Crippen LogP contribution < -0.4 is 0 Å². The van der Waals surface area contributed by atoms with E-state index in [0.29, 0.717) is 31.2 Å². The van der Waals surface area contributed by atoms with Crippen LogP contribution in [0.25, 0.3) is 0 Å². The molecular weight excluding hydrogens is 278 g/mol. The maximum atomic E-state index is 12.5. The largest absolute Gasteiger partial charge is 0.376 e. The summed E-state index contributed by atoms with van der Waals surface area (Å²) in [5.41, 5.74) is 1.40. The molecule has 3 rings (SSSR count).